The first-order chi connectivity index (χ1) is 7.65. The second-order valence-corrected chi connectivity index (χ2v) is 6.19. The van der Waals surface area contributed by atoms with E-state index in [2.05, 4.69) is 24.0 Å². The van der Waals surface area contributed by atoms with Crippen molar-refractivity contribution in [2.75, 3.05) is 34.4 Å². The first-order valence-corrected chi connectivity index (χ1v) is 7.02. The molecule has 0 spiro atoms. The van der Waals surface area contributed by atoms with Crippen LogP contribution in [0.3, 0.4) is 0 Å². The summed E-state index contributed by atoms with van der Waals surface area (Å²) in [5, 5.41) is 1.24. The van der Waals surface area contributed by atoms with Gasteiger partial charge < -0.3 is 13.8 Å². The zero-order valence-corrected chi connectivity index (χ0v) is 11.7. The van der Waals surface area contributed by atoms with Gasteiger partial charge in [0.05, 0.1) is 0 Å². The van der Waals surface area contributed by atoms with Crippen molar-refractivity contribution in [3.63, 3.8) is 0 Å². The summed E-state index contributed by atoms with van der Waals surface area (Å²) in [6.45, 7) is 3.76. The zero-order valence-electron chi connectivity index (χ0n) is 10.6. The van der Waals surface area contributed by atoms with Gasteiger partial charge in [-0.05, 0) is 31.8 Å². The second kappa shape index (κ2) is 6.80. The van der Waals surface area contributed by atoms with Gasteiger partial charge in [0, 0.05) is 20.3 Å². The average Bonchev–Trinajstić information content (AvgIpc) is 2.25. The van der Waals surface area contributed by atoms with E-state index in [1.165, 1.54) is 10.8 Å². The molecule has 0 amide bonds. The molecule has 0 N–H and O–H groups in total. The maximum absolute atomic E-state index is 5.84. The number of nitrogens with zero attached hydrogens (tertiary/aromatic N) is 1. The van der Waals surface area contributed by atoms with Crippen molar-refractivity contribution in [3.8, 4) is 0 Å². The molecule has 1 rings (SSSR count). The summed E-state index contributed by atoms with van der Waals surface area (Å²) in [6, 6.07) is 8.28. The summed E-state index contributed by atoms with van der Waals surface area (Å²) in [5.74, 6) is 0. The quantitative estimate of drug-likeness (QED) is 0.680. The van der Waals surface area contributed by atoms with E-state index < -0.39 is 9.28 Å². The molecular weight excluding hydrogens is 218 g/mol. The lowest BCUT2D eigenvalue weighted by molar-refractivity contribution is 0.213. The van der Waals surface area contributed by atoms with Crippen LogP contribution in [0.1, 0.15) is 5.56 Å². The fourth-order valence-corrected chi connectivity index (χ4v) is 3.10. The first kappa shape index (κ1) is 13.4. The van der Waals surface area contributed by atoms with E-state index >= 15 is 0 Å². The summed E-state index contributed by atoms with van der Waals surface area (Å²) in [4.78, 5) is 2.11. The molecular formula is C12H21NO2Si. The molecule has 0 radical (unpaired) electrons. The van der Waals surface area contributed by atoms with E-state index in [9.17, 15) is 0 Å². The first-order valence-electron chi connectivity index (χ1n) is 5.50. The highest BCUT2D eigenvalue weighted by molar-refractivity contribution is 6.61. The van der Waals surface area contributed by atoms with Crippen LogP contribution in [0.5, 0.6) is 0 Å². The normalized spacial score (nSPS) is 13.1. The van der Waals surface area contributed by atoms with Gasteiger partial charge in [0.2, 0.25) is 0 Å². The van der Waals surface area contributed by atoms with Gasteiger partial charge >= 0.3 is 9.28 Å². The topological polar surface area (TPSA) is 21.7 Å². The van der Waals surface area contributed by atoms with E-state index in [4.69, 9.17) is 8.85 Å². The lowest BCUT2D eigenvalue weighted by Gasteiger charge is -2.18. The number of likely N-dealkylation sites (N-methyl/N-ethyl adjacent to an activating group) is 1. The third-order valence-corrected chi connectivity index (χ3v) is 4.59. The Morgan fingerprint density at radius 3 is 2.50 bits per heavy atom. The van der Waals surface area contributed by atoms with E-state index in [1.807, 2.05) is 26.2 Å². The third kappa shape index (κ3) is 4.06. The molecule has 0 saturated heterocycles. The van der Waals surface area contributed by atoms with Crippen molar-refractivity contribution < 1.29 is 8.85 Å². The van der Waals surface area contributed by atoms with Crippen molar-refractivity contribution in [3.05, 3.63) is 29.8 Å². The van der Waals surface area contributed by atoms with Crippen molar-refractivity contribution in [1.29, 1.82) is 0 Å². The molecule has 0 aliphatic carbocycles. The van der Waals surface area contributed by atoms with Crippen LogP contribution in [0.25, 0.3) is 0 Å². The highest BCUT2D eigenvalue weighted by Gasteiger charge is 2.16. The van der Waals surface area contributed by atoms with Crippen molar-refractivity contribution in [2.45, 2.75) is 6.92 Å². The Labute approximate surface area is 99.8 Å². The molecule has 4 heteroatoms. The minimum atomic E-state index is -1.70. The van der Waals surface area contributed by atoms with Gasteiger partial charge in [0.15, 0.2) is 0 Å². The van der Waals surface area contributed by atoms with Gasteiger partial charge in [-0.25, -0.2) is 0 Å². The Morgan fingerprint density at radius 2 is 1.94 bits per heavy atom. The summed E-state index contributed by atoms with van der Waals surface area (Å²) in [7, 11) is 4.12. The fourth-order valence-electron chi connectivity index (χ4n) is 1.48. The molecule has 16 heavy (non-hydrogen) atoms. The zero-order chi connectivity index (χ0) is 12.0. The van der Waals surface area contributed by atoms with Crippen molar-refractivity contribution in [1.82, 2.24) is 4.90 Å². The lowest BCUT2D eigenvalue weighted by atomic mass is 10.2. The Morgan fingerprint density at radius 1 is 1.25 bits per heavy atom. The van der Waals surface area contributed by atoms with Crippen molar-refractivity contribution >= 4 is 14.5 Å². The summed E-state index contributed by atoms with van der Waals surface area (Å²) in [6.07, 6.45) is 0. The van der Waals surface area contributed by atoms with E-state index in [0.29, 0.717) is 0 Å². The van der Waals surface area contributed by atoms with Crippen LogP contribution in [0.2, 0.25) is 0 Å². The SMILES string of the molecule is CO[SiH](OCCN(C)C)c1ccccc1C. The molecule has 1 unspecified atom stereocenters. The van der Waals surface area contributed by atoms with Gasteiger partial charge in [-0.15, -0.1) is 0 Å². The highest BCUT2D eigenvalue weighted by Crippen LogP contribution is 1.98. The van der Waals surface area contributed by atoms with Crippen LogP contribution in [0, 0.1) is 6.92 Å². The third-order valence-electron chi connectivity index (χ3n) is 2.46. The van der Waals surface area contributed by atoms with Gasteiger partial charge in [0.25, 0.3) is 0 Å². The van der Waals surface area contributed by atoms with Crippen LogP contribution >= 0.6 is 0 Å². The van der Waals surface area contributed by atoms with Gasteiger partial charge in [-0.3, -0.25) is 0 Å². The fraction of sp³-hybridized carbons (Fsp3) is 0.500. The van der Waals surface area contributed by atoms with Crippen molar-refractivity contribution in [2.24, 2.45) is 0 Å². The van der Waals surface area contributed by atoms with Gasteiger partial charge in [-0.1, -0.05) is 24.3 Å². The average molecular weight is 239 g/mol. The van der Waals surface area contributed by atoms with E-state index in [1.54, 1.807) is 7.11 Å². The Balaban J connectivity index is 2.57. The van der Waals surface area contributed by atoms with Crippen LogP contribution in [0.15, 0.2) is 24.3 Å². The molecule has 90 valence electrons. The predicted octanol–water partition coefficient (Wildman–Crippen LogP) is 0.647. The summed E-state index contributed by atoms with van der Waals surface area (Å²) in [5.41, 5.74) is 1.26. The maximum atomic E-state index is 5.84. The summed E-state index contributed by atoms with van der Waals surface area (Å²) < 4.78 is 11.3. The van der Waals surface area contributed by atoms with E-state index in [0.717, 1.165) is 13.2 Å². The Bertz CT molecular complexity index is 318. The standard InChI is InChI=1S/C12H21NO2Si/c1-11-7-5-6-8-12(11)16(14-4)15-10-9-13(2)3/h5-8,16H,9-10H2,1-4H3. The van der Waals surface area contributed by atoms with Crippen LogP contribution in [0.4, 0.5) is 0 Å². The largest absolute Gasteiger partial charge is 0.397 e. The van der Waals surface area contributed by atoms with Crippen LogP contribution in [-0.2, 0) is 8.85 Å². The molecule has 0 saturated carbocycles. The highest BCUT2D eigenvalue weighted by atomic mass is 28.3. The number of hydrogen-bond donors (Lipinski definition) is 0. The van der Waals surface area contributed by atoms with Crippen LogP contribution < -0.4 is 5.19 Å². The predicted molar refractivity (Wildman–Crippen MR) is 69.5 cm³/mol. The van der Waals surface area contributed by atoms with Gasteiger partial charge in [-0.2, -0.15) is 0 Å². The lowest BCUT2D eigenvalue weighted by Crippen LogP contribution is -2.39. The Hall–Kier alpha value is -0.683. The molecule has 0 aromatic heterocycles. The maximum Gasteiger partial charge on any atom is 0.355 e. The molecule has 0 bridgehead atoms. The smallest absolute Gasteiger partial charge is 0.355 e. The van der Waals surface area contributed by atoms with Gasteiger partial charge in [0.1, 0.15) is 0 Å². The number of hydrogen-bond acceptors (Lipinski definition) is 3. The van der Waals surface area contributed by atoms with Crippen LogP contribution in [-0.4, -0.2) is 48.5 Å². The Kier molecular flexibility index (Phi) is 5.69. The molecule has 0 heterocycles. The molecule has 1 aromatic rings. The second-order valence-electron chi connectivity index (χ2n) is 4.10. The molecule has 1 atom stereocenters. The summed E-state index contributed by atoms with van der Waals surface area (Å²) >= 11 is 0. The molecule has 0 fully saturated rings. The number of rotatable bonds is 6. The molecule has 3 nitrogen and oxygen atoms in total. The monoisotopic (exact) mass is 239 g/mol. The number of benzene rings is 1. The molecule has 0 aliphatic heterocycles. The minimum absolute atomic E-state index is 0.728. The molecule has 1 aromatic carbocycles. The number of aryl methyl sites for hydroxylation is 1. The minimum Gasteiger partial charge on any atom is -0.397 e. The molecule has 0 aliphatic rings. The van der Waals surface area contributed by atoms with E-state index in [-0.39, 0.29) is 0 Å².